The summed E-state index contributed by atoms with van der Waals surface area (Å²) in [4.78, 5) is 15.9. The van der Waals surface area contributed by atoms with Crippen LogP contribution in [0.3, 0.4) is 0 Å². The Bertz CT molecular complexity index is 427. The molecule has 0 aromatic heterocycles. The predicted octanol–water partition coefficient (Wildman–Crippen LogP) is 2.04. The Balaban J connectivity index is 2.20. The highest BCUT2D eigenvalue weighted by molar-refractivity contribution is 5.94. The van der Waals surface area contributed by atoms with Crippen LogP contribution in [0, 0.1) is 5.92 Å². The van der Waals surface area contributed by atoms with Gasteiger partial charge in [-0.25, -0.2) is 4.79 Å². The SMILES string of the molecule is CC(C)C1CN(c2ccc(CN)cc2)C(=O)N1C. The second-order valence-corrected chi connectivity index (χ2v) is 5.19. The fraction of sp³-hybridized carbons (Fsp3) is 0.500. The van der Waals surface area contributed by atoms with Crippen molar-refractivity contribution in [3.8, 4) is 0 Å². The van der Waals surface area contributed by atoms with Gasteiger partial charge in [-0.3, -0.25) is 4.90 Å². The van der Waals surface area contributed by atoms with Gasteiger partial charge in [0.2, 0.25) is 0 Å². The molecule has 4 heteroatoms. The van der Waals surface area contributed by atoms with Crippen LogP contribution in [-0.2, 0) is 6.54 Å². The van der Waals surface area contributed by atoms with Crippen LogP contribution in [0.1, 0.15) is 19.4 Å². The lowest BCUT2D eigenvalue weighted by molar-refractivity contribution is 0.208. The van der Waals surface area contributed by atoms with E-state index in [4.69, 9.17) is 5.73 Å². The van der Waals surface area contributed by atoms with E-state index in [9.17, 15) is 4.79 Å². The highest BCUT2D eigenvalue weighted by atomic mass is 16.2. The molecule has 2 rings (SSSR count). The monoisotopic (exact) mass is 247 g/mol. The average Bonchev–Trinajstić information content (AvgIpc) is 2.67. The Labute approximate surface area is 108 Å². The van der Waals surface area contributed by atoms with Gasteiger partial charge in [0.25, 0.3) is 0 Å². The molecule has 0 aliphatic carbocycles. The lowest BCUT2D eigenvalue weighted by Crippen LogP contribution is -2.33. The summed E-state index contributed by atoms with van der Waals surface area (Å²) in [6.45, 7) is 5.59. The van der Waals surface area contributed by atoms with E-state index in [2.05, 4.69) is 13.8 Å². The molecular formula is C14H21N3O. The molecule has 4 nitrogen and oxygen atoms in total. The minimum atomic E-state index is 0.0780. The molecule has 1 atom stereocenters. The highest BCUT2D eigenvalue weighted by Gasteiger charge is 2.36. The van der Waals surface area contributed by atoms with Gasteiger partial charge in [0.1, 0.15) is 0 Å². The molecule has 1 aliphatic rings. The molecule has 2 amide bonds. The van der Waals surface area contributed by atoms with Gasteiger partial charge in [0.15, 0.2) is 0 Å². The van der Waals surface area contributed by atoms with E-state index in [-0.39, 0.29) is 12.1 Å². The van der Waals surface area contributed by atoms with Crippen molar-refractivity contribution in [1.82, 2.24) is 4.90 Å². The first kappa shape index (κ1) is 12.9. The van der Waals surface area contributed by atoms with Crippen LogP contribution in [0.4, 0.5) is 10.5 Å². The van der Waals surface area contributed by atoms with E-state index in [1.54, 1.807) is 0 Å². The first-order chi connectivity index (χ1) is 8.54. The van der Waals surface area contributed by atoms with E-state index in [1.165, 1.54) is 0 Å². The molecule has 18 heavy (non-hydrogen) atoms. The van der Waals surface area contributed by atoms with Crippen molar-refractivity contribution >= 4 is 11.7 Å². The third-order valence-corrected chi connectivity index (χ3v) is 3.65. The maximum absolute atomic E-state index is 12.2. The fourth-order valence-corrected chi connectivity index (χ4v) is 2.41. The number of carbonyl (C=O) groups is 1. The van der Waals surface area contributed by atoms with E-state index in [1.807, 2.05) is 41.1 Å². The van der Waals surface area contributed by atoms with Crippen LogP contribution in [0.2, 0.25) is 0 Å². The molecule has 1 unspecified atom stereocenters. The Kier molecular flexibility index (Phi) is 3.57. The number of hydrogen-bond acceptors (Lipinski definition) is 2. The minimum absolute atomic E-state index is 0.0780. The zero-order valence-corrected chi connectivity index (χ0v) is 11.3. The topological polar surface area (TPSA) is 49.6 Å². The van der Waals surface area contributed by atoms with E-state index < -0.39 is 0 Å². The lowest BCUT2D eigenvalue weighted by atomic mass is 10.0. The summed E-state index contributed by atoms with van der Waals surface area (Å²) in [6.07, 6.45) is 0. The van der Waals surface area contributed by atoms with E-state index in [0.717, 1.165) is 17.8 Å². The lowest BCUT2D eigenvalue weighted by Gasteiger charge is -2.20. The normalized spacial score (nSPS) is 20.1. The summed E-state index contributed by atoms with van der Waals surface area (Å²) < 4.78 is 0. The van der Waals surface area contributed by atoms with Crippen LogP contribution >= 0.6 is 0 Å². The predicted molar refractivity (Wildman–Crippen MR) is 73.5 cm³/mol. The van der Waals surface area contributed by atoms with Crippen molar-refractivity contribution in [2.75, 3.05) is 18.5 Å². The number of nitrogens with two attached hydrogens (primary N) is 1. The van der Waals surface area contributed by atoms with Crippen molar-refractivity contribution in [3.63, 3.8) is 0 Å². The average molecular weight is 247 g/mol. The number of likely N-dealkylation sites (N-methyl/N-ethyl adjacent to an activating group) is 1. The minimum Gasteiger partial charge on any atom is -0.326 e. The largest absolute Gasteiger partial charge is 0.326 e. The van der Waals surface area contributed by atoms with Crippen molar-refractivity contribution in [1.29, 1.82) is 0 Å². The molecule has 0 spiro atoms. The maximum atomic E-state index is 12.2. The summed E-state index contributed by atoms with van der Waals surface area (Å²) >= 11 is 0. The smallest absolute Gasteiger partial charge is 0.324 e. The zero-order chi connectivity index (χ0) is 13.3. The number of hydrogen-bond donors (Lipinski definition) is 1. The first-order valence-corrected chi connectivity index (χ1v) is 6.38. The molecule has 0 bridgehead atoms. The van der Waals surface area contributed by atoms with Crippen LogP contribution in [0.15, 0.2) is 24.3 Å². The highest BCUT2D eigenvalue weighted by Crippen LogP contribution is 2.26. The molecule has 98 valence electrons. The Morgan fingerprint density at radius 2 is 1.94 bits per heavy atom. The Morgan fingerprint density at radius 1 is 1.33 bits per heavy atom. The van der Waals surface area contributed by atoms with Crippen molar-refractivity contribution in [3.05, 3.63) is 29.8 Å². The van der Waals surface area contributed by atoms with Gasteiger partial charge in [-0.2, -0.15) is 0 Å². The van der Waals surface area contributed by atoms with Gasteiger partial charge in [-0.1, -0.05) is 26.0 Å². The standard InChI is InChI=1S/C14H21N3O/c1-10(2)13-9-17(14(18)16(13)3)12-6-4-11(8-15)5-7-12/h4-7,10,13H,8-9,15H2,1-3H3. The van der Waals surface area contributed by atoms with Crippen LogP contribution in [-0.4, -0.2) is 30.6 Å². The van der Waals surface area contributed by atoms with Gasteiger partial charge in [-0.15, -0.1) is 0 Å². The first-order valence-electron chi connectivity index (χ1n) is 6.38. The Hall–Kier alpha value is -1.55. The van der Waals surface area contributed by atoms with Gasteiger partial charge in [0, 0.05) is 25.8 Å². The quantitative estimate of drug-likeness (QED) is 0.888. The molecule has 1 aromatic carbocycles. The maximum Gasteiger partial charge on any atom is 0.324 e. The summed E-state index contributed by atoms with van der Waals surface area (Å²) in [5, 5.41) is 0. The summed E-state index contributed by atoms with van der Waals surface area (Å²) in [6, 6.07) is 8.25. The molecule has 1 aromatic rings. The number of amides is 2. The summed E-state index contributed by atoms with van der Waals surface area (Å²) in [5.74, 6) is 0.465. The van der Waals surface area contributed by atoms with Crippen molar-refractivity contribution < 1.29 is 4.79 Å². The molecular weight excluding hydrogens is 226 g/mol. The molecule has 2 N–H and O–H groups in total. The summed E-state index contributed by atoms with van der Waals surface area (Å²) in [7, 11) is 1.88. The zero-order valence-electron chi connectivity index (χ0n) is 11.3. The number of benzene rings is 1. The molecule has 0 radical (unpaired) electrons. The number of urea groups is 1. The van der Waals surface area contributed by atoms with Crippen molar-refractivity contribution in [2.24, 2.45) is 11.7 Å². The number of nitrogens with zero attached hydrogens (tertiary/aromatic N) is 2. The van der Waals surface area contributed by atoms with Gasteiger partial charge >= 0.3 is 6.03 Å². The molecule has 1 aliphatic heterocycles. The van der Waals surface area contributed by atoms with Gasteiger partial charge in [0.05, 0.1) is 6.04 Å². The van der Waals surface area contributed by atoms with Crippen LogP contribution < -0.4 is 10.6 Å². The van der Waals surface area contributed by atoms with Crippen LogP contribution in [0.5, 0.6) is 0 Å². The number of anilines is 1. The third kappa shape index (κ3) is 2.20. The van der Waals surface area contributed by atoms with Gasteiger partial charge in [-0.05, 0) is 23.6 Å². The number of carbonyl (C=O) groups excluding carboxylic acids is 1. The molecule has 1 saturated heterocycles. The van der Waals surface area contributed by atoms with E-state index in [0.29, 0.717) is 12.5 Å². The second kappa shape index (κ2) is 4.98. The molecule has 1 fully saturated rings. The van der Waals surface area contributed by atoms with Crippen LogP contribution in [0.25, 0.3) is 0 Å². The second-order valence-electron chi connectivity index (χ2n) is 5.19. The Morgan fingerprint density at radius 3 is 2.39 bits per heavy atom. The summed E-state index contributed by atoms with van der Waals surface area (Å²) in [5.41, 5.74) is 7.61. The van der Waals surface area contributed by atoms with Gasteiger partial charge < -0.3 is 10.6 Å². The third-order valence-electron chi connectivity index (χ3n) is 3.65. The molecule has 1 heterocycles. The van der Waals surface area contributed by atoms with Crippen molar-refractivity contribution in [2.45, 2.75) is 26.4 Å². The van der Waals surface area contributed by atoms with E-state index >= 15 is 0 Å². The number of rotatable bonds is 3. The molecule has 0 saturated carbocycles. The fourth-order valence-electron chi connectivity index (χ4n) is 2.41.